The van der Waals surface area contributed by atoms with E-state index in [1.165, 1.54) is 32.4 Å². The van der Waals surface area contributed by atoms with Crippen LogP contribution in [0.25, 0.3) is 0 Å². The maximum absolute atomic E-state index is 5.23. The number of nitrogens with zero attached hydrogens (tertiary/aromatic N) is 1. The van der Waals surface area contributed by atoms with Crippen molar-refractivity contribution in [3.8, 4) is 0 Å². The molecule has 0 amide bonds. The molecule has 0 saturated heterocycles. The third-order valence-electron chi connectivity index (χ3n) is 2.26. The van der Waals surface area contributed by atoms with Crippen LogP contribution in [0.4, 0.5) is 0 Å². The van der Waals surface area contributed by atoms with Gasteiger partial charge in [0, 0.05) is 7.11 Å². The van der Waals surface area contributed by atoms with Crippen molar-refractivity contribution in [2.75, 3.05) is 34.0 Å². The summed E-state index contributed by atoms with van der Waals surface area (Å²) < 4.78 is 6.30. The van der Waals surface area contributed by atoms with Gasteiger partial charge in [0.25, 0.3) is 0 Å². The monoisotopic (exact) mass is 174 g/mol. The number of quaternary nitrogens is 1. The van der Waals surface area contributed by atoms with Gasteiger partial charge in [0.1, 0.15) is 0 Å². The highest BCUT2D eigenvalue weighted by Gasteiger charge is 2.18. The van der Waals surface area contributed by atoms with Gasteiger partial charge >= 0.3 is 0 Å². The standard InChI is InChI=1S/C10H24NO/c1-5-7-9-11(3,8-6-2)10-12-4/h5-10H2,1-4H3/q+1. The van der Waals surface area contributed by atoms with Crippen LogP contribution in [0, 0.1) is 0 Å². The minimum Gasteiger partial charge on any atom is -0.335 e. The lowest BCUT2D eigenvalue weighted by Crippen LogP contribution is -2.46. The van der Waals surface area contributed by atoms with E-state index in [1.807, 2.05) is 0 Å². The molecular formula is C10H24NO+. The Hall–Kier alpha value is -0.0800. The van der Waals surface area contributed by atoms with Crippen LogP contribution in [0.3, 0.4) is 0 Å². The molecule has 0 aliphatic carbocycles. The van der Waals surface area contributed by atoms with Crippen molar-refractivity contribution in [1.29, 1.82) is 0 Å². The molecule has 0 rings (SSSR count). The van der Waals surface area contributed by atoms with Gasteiger partial charge in [-0.15, -0.1) is 0 Å². The molecule has 74 valence electrons. The molecule has 2 heteroatoms. The van der Waals surface area contributed by atoms with E-state index in [1.54, 1.807) is 7.11 Å². The van der Waals surface area contributed by atoms with Crippen molar-refractivity contribution in [3.05, 3.63) is 0 Å². The van der Waals surface area contributed by atoms with Gasteiger partial charge in [0.15, 0.2) is 6.73 Å². The summed E-state index contributed by atoms with van der Waals surface area (Å²) in [7, 11) is 4.07. The van der Waals surface area contributed by atoms with E-state index in [2.05, 4.69) is 20.9 Å². The number of hydrogen-bond acceptors (Lipinski definition) is 1. The van der Waals surface area contributed by atoms with Gasteiger partial charge in [0.2, 0.25) is 0 Å². The fourth-order valence-electron chi connectivity index (χ4n) is 1.63. The molecule has 0 aliphatic heterocycles. The highest BCUT2D eigenvalue weighted by atomic mass is 16.5. The highest BCUT2D eigenvalue weighted by molar-refractivity contribution is 4.36. The molecule has 0 fully saturated rings. The first-order valence-corrected chi connectivity index (χ1v) is 5.01. The summed E-state index contributed by atoms with van der Waals surface area (Å²) in [5.41, 5.74) is 0. The van der Waals surface area contributed by atoms with Crippen molar-refractivity contribution in [2.24, 2.45) is 0 Å². The van der Waals surface area contributed by atoms with Crippen LogP contribution in [-0.4, -0.2) is 38.5 Å². The highest BCUT2D eigenvalue weighted by Crippen LogP contribution is 2.06. The third-order valence-corrected chi connectivity index (χ3v) is 2.26. The molecule has 0 bridgehead atoms. The zero-order valence-corrected chi connectivity index (χ0v) is 9.10. The molecule has 0 heterocycles. The fourth-order valence-corrected chi connectivity index (χ4v) is 1.63. The number of ether oxygens (including phenoxy) is 1. The normalized spacial score (nSPS) is 16.0. The van der Waals surface area contributed by atoms with Crippen LogP contribution in [0.15, 0.2) is 0 Å². The summed E-state index contributed by atoms with van der Waals surface area (Å²) in [6.07, 6.45) is 3.82. The Morgan fingerprint density at radius 2 is 1.75 bits per heavy atom. The molecular weight excluding hydrogens is 150 g/mol. The van der Waals surface area contributed by atoms with Crippen molar-refractivity contribution in [2.45, 2.75) is 33.1 Å². The second kappa shape index (κ2) is 6.44. The van der Waals surface area contributed by atoms with Crippen molar-refractivity contribution in [1.82, 2.24) is 0 Å². The lowest BCUT2D eigenvalue weighted by molar-refractivity contribution is -0.927. The number of hydrogen-bond donors (Lipinski definition) is 0. The van der Waals surface area contributed by atoms with E-state index in [9.17, 15) is 0 Å². The smallest absolute Gasteiger partial charge is 0.182 e. The minimum atomic E-state index is 0.855. The van der Waals surface area contributed by atoms with Crippen LogP contribution in [0.1, 0.15) is 33.1 Å². The molecule has 1 unspecified atom stereocenters. The fraction of sp³-hybridized carbons (Fsp3) is 1.00. The minimum absolute atomic E-state index is 0.855. The molecule has 0 aliphatic rings. The van der Waals surface area contributed by atoms with Crippen molar-refractivity contribution in [3.63, 3.8) is 0 Å². The maximum atomic E-state index is 5.23. The molecule has 0 N–H and O–H groups in total. The summed E-state index contributed by atoms with van der Waals surface area (Å²) in [5.74, 6) is 0. The summed E-state index contributed by atoms with van der Waals surface area (Å²) in [4.78, 5) is 0. The lowest BCUT2D eigenvalue weighted by atomic mass is 10.3. The Balaban J connectivity index is 3.80. The van der Waals surface area contributed by atoms with Crippen LogP contribution >= 0.6 is 0 Å². The molecule has 1 atom stereocenters. The summed E-state index contributed by atoms with van der Waals surface area (Å²) in [5, 5.41) is 0. The van der Waals surface area contributed by atoms with E-state index >= 15 is 0 Å². The van der Waals surface area contributed by atoms with Gasteiger partial charge in [0.05, 0.1) is 20.1 Å². The quantitative estimate of drug-likeness (QED) is 0.425. The van der Waals surface area contributed by atoms with Gasteiger partial charge in [-0.2, -0.15) is 0 Å². The molecule has 0 aromatic rings. The van der Waals surface area contributed by atoms with Crippen molar-refractivity contribution < 1.29 is 9.22 Å². The Labute approximate surface area is 77.1 Å². The zero-order valence-electron chi connectivity index (χ0n) is 9.10. The Bertz CT molecular complexity index is 98.0. The summed E-state index contributed by atoms with van der Waals surface area (Å²) in [6, 6.07) is 0. The number of methoxy groups -OCH3 is 1. The SMILES string of the molecule is CCCC[N+](C)(CCC)COC. The number of unbranched alkanes of at least 4 members (excludes halogenated alkanes) is 1. The molecule has 12 heavy (non-hydrogen) atoms. The second-order valence-corrected chi connectivity index (χ2v) is 3.84. The maximum Gasteiger partial charge on any atom is 0.182 e. The molecule has 0 spiro atoms. The molecule has 0 aromatic heterocycles. The van der Waals surface area contributed by atoms with Gasteiger partial charge in [-0.1, -0.05) is 20.3 Å². The van der Waals surface area contributed by atoms with Gasteiger partial charge in [-0.3, -0.25) is 0 Å². The summed E-state index contributed by atoms with van der Waals surface area (Å²) >= 11 is 0. The third kappa shape index (κ3) is 4.73. The van der Waals surface area contributed by atoms with Gasteiger partial charge in [-0.05, 0) is 12.8 Å². The first-order chi connectivity index (χ1) is 5.68. The zero-order chi connectivity index (χ0) is 9.45. The van der Waals surface area contributed by atoms with Gasteiger partial charge < -0.3 is 9.22 Å². The van der Waals surface area contributed by atoms with E-state index in [4.69, 9.17) is 4.74 Å². The predicted octanol–water partition coefficient (Wildman–Crippen LogP) is 2.25. The Morgan fingerprint density at radius 3 is 2.17 bits per heavy atom. The van der Waals surface area contributed by atoms with Crippen LogP contribution < -0.4 is 0 Å². The van der Waals surface area contributed by atoms with Gasteiger partial charge in [-0.25, -0.2) is 0 Å². The topological polar surface area (TPSA) is 9.23 Å². The molecule has 0 aromatic carbocycles. The van der Waals surface area contributed by atoms with Crippen LogP contribution in [0.2, 0.25) is 0 Å². The lowest BCUT2D eigenvalue weighted by Gasteiger charge is -2.33. The average molecular weight is 174 g/mol. The Kier molecular flexibility index (Phi) is 6.39. The first-order valence-electron chi connectivity index (χ1n) is 5.01. The van der Waals surface area contributed by atoms with Crippen LogP contribution in [-0.2, 0) is 4.74 Å². The Morgan fingerprint density at radius 1 is 1.08 bits per heavy atom. The van der Waals surface area contributed by atoms with E-state index < -0.39 is 0 Å². The van der Waals surface area contributed by atoms with E-state index in [0.717, 1.165) is 11.2 Å². The van der Waals surface area contributed by atoms with Crippen LogP contribution in [0.5, 0.6) is 0 Å². The second-order valence-electron chi connectivity index (χ2n) is 3.84. The van der Waals surface area contributed by atoms with Crippen molar-refractivity contribution >= 4 is 0 Å². The largest absolute Gasteiger partial charge is 0.335 e. The average Bonchev–Trinajstić information content (AvgIpc) is 2.02. The predicted molar refractivity (Wildman–Crippen MR) is 53.0 cm³/mol. The molecule has 0 saturated carbocycles. The molecule has 2 nitrogen and oxygen atoms in total. The van der Waals surface area contributed by atoms with E-state index in [0.29, 0.717) is 0 Å². The van der Waals surface area contributed by atoms with E-state index in [-0.39, 0.29) is 0 Å². The summed E-state index contributed by atoms with van der Waals surface area (Å²) in [6.45, 7) is 7.81. The first kappa shape index (κ1) is 11.9. The number of rotatable bonds is 7. The molecule has 0 radical (unpaired) electrons.